The van der Waals surface area contributed by atoms with Gasteiger partial charge in [-0.25, -0.2) is 0 Å². The van der Waals surface area contributed by atoms with Crippen LogP contribution >= 0.6 is 0 Å². The van der Waals surface area contributed by atoms with Crippen molar-refractivity contribution in [2.45, 2.75) is 20.8 Å². The fourth-order valence-electron chi connectivity index (χ4n) is 2.54. The molecule has 2 aromatic carbocycles. The summed E-state index contributed by atoms with van der Waals surface area (Å²) in [5, 5.41) is 2.88. The van der Waals surface area contributed by atoms with Crippen molar-refractivity contribution in [3.8, 4) is 5.75 Å². The number of rotatable bonds is 8. The zero-order chi connectivity index (χ0) is 18.1. The van der Waals surface area contributed by atoms with Crippen molar-refractivity contribution >= 4 is 23.4 Å². The molecular weight excluding hydrogens is 312 g/mol. The summed E-state index contributed by atoms with van der Waals surface area (Å²) in [6, 6.07) is 15.5. The molecular formula is C21H26N2O2. The highest BCUT2D eigenvalue weighted by atomic mass is 16.5. The van der Waals surface area contributed by atoms with E-state index in [0.717, 1.165) is 35.8 Å². The first kappa shape index (κ1) is 18.6. The van der Waals surface area contributed by atoms with Crippen molar-refractivity contribution in [3.05, 3.63) is 60.2 Å². The van der Waals surface area contributed by atoms with Crippen molar-refractivity contribution < 1.29 is 9.53 Å². The largest absolute Gasteiger partial charge is 0.494 e. The fourth-order valence-corrected chi connectivity index (χ4v) is 2.54. The SMILES string of the molecule is CCOc1ccc(C=CC(=O)Nc2ccc(N(CC)CC)cc2)cc1. The van der Waals surface area contributed by atoms with Crippen LogP contribution in [0.3, 0.4) is 0 Å². The zero-order valence-electron chi connectivity index (χ0n) is 15.2. The van der Waals surface area contributed by atoms with Crippen molar-refractivity contribution in [1.29, 1.82) is 0 Å². The molecule has 1 amide bonds. The number of hydrogen-bond acceptors (Lipinski definition) is 3. The molecule has 0 spiro atoms. The van der Waals surface area contributed by atoms with Crippen LogP contribution in [0.2, 0.25) is 0 Å². The summed E-state index contributed by atoms with van der Waals surface area (Å²) < 4.78 is 5.40. The Morgan fingerprint density at radius 1 is 1.00 bits per heavy atom. The smallest absolute Gasteiger partial charge is 0.248 e. The van der Waals surface area contributed by atoms with Gasteiger partial charge in [-0.1, -0.05) is 12.1 Å². The standard InChI is InChI=1S/C21H26N2O2/c1-4-23(5-2)19-12-10-18(11-13-19)22-21(24)16-9-17-7-14-20(15-8-17)25-6-3/h7-16H,4-6H2,1-3H3,(H,22,24). The molecule has 0 aliphatic rings. The summed E-state index contributed by atoms with van der Waals surface area (Å²) in [7, 11) is 0. The van der Waals surface area contributed by atoms with Gasteiger partial charge in [0.1, 0.15) is 5.75 Å². The number of amides is 1. The maximum Gasteiger partial charge on any atom is 0.248 e. The van der Waals surface area contributed by atoms with E-state index in [0.29, 0.717) is 6.61 Å². The Balaban J connectivity index is 1.93. The maximum absolute atomic E-state index is 12.1. The van der Waals surface area contributed by atoms with Gasteiger partial charge in [0, 0.05) is 30.5 Å². The zero-order valence-corrected chi connectivity index (χ0v) is 15.2. The van der Waals surface area contributed by atoms with E-state index in [1.807, 2.05) is 55.5 Å². The predicted molar refractivity (Wildman–Crippen MR) is 105 cm³/mol. The third-order valence-electron chi connectivity index (χ3n) is 3.88. The second-order valence-corrected chi connectivity index (χ2v) is 5.54. The number of carbonyl (C=O) groups excluding carboxylic acids is 1. The Kier molecular flexibility index (Phi) is 7.08. The summed E-state index contributed by atoms with van der Waals surface area (Å²) in [4.78, 5) is 14.3. The van der Waals surface area contributed by atoms with E-state index in [4.69, 9.17) is 4.74 Å². The topological polar surface area (TPSA) is 41.6 Å². The average Bonchev–Trinajstić information content (AvgIpc) is 2.64. The molecule has 0 aromatic heterocycles. The molecule has 2 aromatic rings. The fraction of sp³-hybridized carbons (Fsp3) is 0.286. The highest BCUT2D eigenvalue weighted by Gasteiger charge is 2.02. The quantitative estimate of drug-likeness (QED) is 0.716. The second kappa shape index (κ2) is 9.52. The molecule has 0 unspecified atom stereocenters. The average molecular weight is 338 g/mol. The van der Waals surface area contributed by atoms with E-state index >= 15 is 0 Å². The Hall–Kier alpha value is -2.75. The van der Waals surface area contributed by atoms with E-state index in [2.05, 4.69) is 24.1 Å². The number of nitrogens with one attached hydrogen (secondary N) is 1. The van der Waals surface area contributed by atoms with Crippen LogP contribution in [0.5, 0.6) is 5.75 Å². The van der Waals surface area contributed by atoms with Crippen molar-refractivity contribution in [1.82, 2.24) is 0 Å². The second-order valence-electron chi connectivity index (χ2n) is 5.54. The van der Waals surface area contributed by atoms with Crippen LogP contribution in [-0.2, 0) is 4.79 Å². The minimum Gasteiger partial charge on any atom is -0.494 e. The minimum absolute atomic E-state index is 0.149. The maximum atomic E-state index is 12.1. The lowest BCUT2D eigenvalue weighted by Crippen LogP contribution is -2.21. The summed E-state index contributed by atoms with van der Waals surface area (Å²) in [5.74, 6) is 0.682. The number of anilines is 2. The molecule has 4 nitrogen and oxygen atoms in total. The van der Waals surface area contributed by atoms with Gasteiger partial charge in [0.05, 0.1) is 6.61 Å². The molecule has 0 aliphatic heterocycles. The van der Waals surface area contributed by atoms with Crippen molar-refractivity contribution in [3.63, 3.8) is 0 Å². The molecule has 0 bridgehead atoms. The van der Waals surface area contributed by atoms with Gasteiger partial charge < -0.3 is 15.0 Å². The number of hydrogen-bond donors (Lipinski definition) is 1. The molecule has 1 N–H and O–H groups in total. The van der Waals surface area contributed by atoms with E-state index < -0.39 is 0 Å². The van der Waals surface area contributed by atoms with Crippen LogP contribution in [0.1, 0.15) is 26.3 Å². The van der Waals surface area contributed by atoms with Crippen LogP contribution in [-0.4, -0.2) is 25.6 Å². The third-order valence-corrected chi connectivity index (χ3v) is 3.88. The number of nitrogens with zero attached hydrogens (tertiary/aromatic N) is 1. The molecule has 2 rings (SSSR count). The lowest BCUT2D eigenvalue weighted by atomic mass is 10.2. The van der Waals surface area contributed by atoms with Gasteiger partial charge in [-0.2, -0.15) is 0 Å². The molecule has 0 atom stereocenters. The molecule has 0 heterocycles. The van der Waals surface area contributed by atoms with E-state index in [9.17, 15) is 4.79 Å². The lowest BCUT2D eigenvalue weighted by molar-refractivity contribution is -0.111. The van der Waals surface area contributed by atoms with Gasteiger partial charge in [-0.05, 0) is 68.8 Å². The Labute approximate surface area is 150 Å². The molecule has 25 heavy (non-hydrogen) atoms. The molecule has 0 saturated carbocycles. The number of carbonyl (C=O) groups is 1. The lowest BCUT2D eigenvalue weighted by Gasteiger charge is -2.21. The monoisotopic (exact) mass is 338 g/mol. The summed E-state index contributed by atoms with van der Waals surface area (Å²) in [5.41, 5.74) is 2.90. The normalized spacial score (nSPS) is 10.7. The first-order chi connectivity index (χ1) is 12.2. The summed E-state index contributed by atoms with van der Waals surface area (Å²) in [6.45, 7) is 8.78. The predicted octanol–water partition coefficient (Wildman–Crippen LogP) is 4.58. The van der Waals surface area contributed by atoms with E-state index in [-0.39, 0.29) is 5.91 Å². The molecule has 132 valence electrons. The van der Waals surface area contributed by atoms with Crippen LogP contribution < -0.4 is 15.0 Å². The van der Waals surface area contributed by atoms with Crippen LogP contribution in [0.4, 0.5) is 11.4 Å². The Bertz CT molecular complexity index is 687. The Morgan fingerprint density at radius 3 is 2.20 bits per heavy atom. The van der Waals surface area contributed by atoms with E-state index in [1.165, 1.54) is 6.08 Å². The van der Waals surface area contributed by atoms with Crippen molar-refractivity contribution in [2.24, 2.45) is 0 Å². The summed E-state index contributed by atoms with van der Waals surface area (Å²) >= 11 is 0. The van der Waals surface area contributed by atoms with Crippen LogP contribution in [0, 0.1) is 0 Å². The Morgan fingerprint density at radius 2 is 1.64 bits per heavy atom. The first-order valence-electron chi connectivity index (χ1n) is 8.73. The van der Waals surface area contributed by atoms with Gasteiger partial charge in [-0.15, -0.1) is 0 Å². The third kappa shape index (κ3) is 5.68. The van der Waals surface area contributed by atoms with Gasteiger partial charge >= 0.3 is 0 Å². The highest BCUT2D eigenvalue weighted by Crippen LogP contribution is 2.18. The van der Waals surface area contributed by atoms with Gasteiger partial charge in [0.15, 0.2) is 0 Å². The molecule has 0 saturated heterocycles. The molecule has 0 fully saturated rings. The number of benzene rings is 2. The minimum atomic E-state index is -0.149. The molecule has 0 radical (unpaired) electrons. The van der Waals surface area contributed by atoms with Crippen molar-refractivity contribution in [2.75, 3.05) is 29.9 Å². The van der Waals surface area contributed by atoms with E-state index in [1.54, 1.807) is 6.08 Å². The molecule has 0 aliphatic carbocycles. The van der Waals surface area contributed by atoms with Gasteiger partial charge in [-0.3, -0.25) is 4.79 Å². The first-order valence-corrected chi connectivity index (χ1v) is 8.73. The molecule has 4 heteroatoms. The van der Waals surface area contributed by atoms with Gasteiger partial charge in [0.25, 0.3) is 0 Å². The van der Waals surface area contributed by atoms with Gasteiger partial charge in [0.2, 0.25) is 5.91 Å². The number of ether oxygens (including phenoxy) is 1. The van der Waals surface area contributed by atoms with Crippen LogP contribution in [0.25, 0.3) is 6.08 Å². The van der Waals surface area contributed by atoms with Crippen LogP contribution in [0.15, 0.2) is 54.6 Å². The summed E-state index contributed by atoms with van der Waals surface area (Å²) in [6.07, 6.45) is 3.32. The highest BCUT2D eigenvalue weighted by molar-refractivity contribution is 6.02.